The van der Waals surface area contributed by atoms with Gasteiger partial charge in [0.1, 0.15) is 12.2 Å². The molecule has 1 fully saturated rings. The van der Waals surface area contributed by atoms with E-state index in [1.807, 2.05) is 24.9 Å². The molecule has 3 aromatic heterocycles. The summed E-state index contributed by atoms with van der Waals surface area (Å²) in [4.78, 5) is 23.9. The number of aromatic amines is 1. The number of rotatable bonds is 2. The number of H-pyrrole nitrogens is 1. The van der Waals surface area contributed by atoms with Gasteiger partial charge in [0.15, 0.2) is 5.65 Å². The molecular weight excluding hydrogens is 306 g/mol. The largest absolute Gasteiger partial charge is 0.328 e. The van der Waals surface area contributed by atoms with Gasteiger partial charge in [-0.25, -0.2) is 9.97 Å². The number of pyridine rings is 1. The Morgan fingerprint density at radius 3 is 3.04 bits per heavy atom. The summed E-state index contributed by atoms with van der Waals surface area (Å²) in [5.74, 6) is 0.746. The smallest absolute Gasteiger partial charge is 0.255 e. The fraction of sp³-hybridized carbons (Fsp3) is 0.438. The molecule has 0 spiro atoms. The summed E-state index contributed by atoms with van der Waals surface area (Å²) in [6, 6.07) is 1.78. The summed E-state index contributed by atoms with van der Waals surface area (Å²) in [5.41, 5.74) is 2.19. The molecule has 4 heterocycles. The average molecular weight is 325 g/mol. The Bertz CT molecular complexity index is 883. The molecule has 1 aliphatic heterocycles. The van der Waals surface area contributed by atoms with E-state index < -0.39 is 0 Å². The Labute approximate surface area is 138 Å². The maximum atomic E-state index is 13.3. The van der Waals surface area contributed by atoms with E-state index in [2.05, 4.69) is 25.3 Å². The van der Waals surface area contributed by atoms with Gasteiger partial charge in [0.25, 0.3) is 5.91 Å². The third-order valence-corrected chi connectivity index (χ3v) is 4.58. The van der Waals surface area contributed by atoms with E-state index in [-0.39, 0.29) is 11.9 Å². The highest BCUT2D eigenvalue weighted by atomic mass is 16.2. The van der Waals surface area contributed by atoms with Crippen LogP contribution < -0.4 is 0 Å². The van der Waals surface area contributed by atoms with Crippen LogP contribution in [0.5, 0.6) is 0 Å². The molecule has 0 unspecified atom stereocenters. The van der Waals surface area contributed by atoms with E-state index in [1.165, 1.54) is 6.33 Å². The minimum Gasteiger partial charge on any atom is -0.328 e. The average Bonchev–Trinajstić information content (AvgIpc) is 3.24. The quantitative estimate of drug-likeness (QED) is 0.775. The predicted molar refractivity (Wildman–Crippen MR) is 87.3 cm³/mol. The molecule has 1 aliphatic rings. The number of fused-ring (bicyclic) bond motifs is 1. The summed E-state index contributed by atoms with van der Waals surface area (Å²) in [6.07, 6.45) is 6.16. The zero-order chi connectivity index (χ0) is 16.7. The molecule has 8 heteroatoms. The summed E-state index contributed by atoms with van der Waals surface area (Å²) < 4.78 is 1.70. The van der Waals surface area contributed by atoms with Gasteiger partial charge < -0.3 is 4.90 Å². The zero-order valence-corrected chi connectivity index (χ0v) is 13.7. The van der Waals surface area contributed by atoms with E-state index in [0.29, 0.717) is 12.1 Å². The molecule has 0 saturated carbocycles. The molecule has 1 saturated heterocycles. The predicted octanol–water partition coefficient (Wildman–Crippen LogP) is 1.76. The third kappa shape index (κ3) is 2.34. The second-order valence-electron chi connectivity index (χ2n) is 6.20. The summed E-state index contributed by atoms with van der Waals surface area (Å²) in [6.45, 7) is 2.61. The topological polar surface area (TPSA) is 92.6 Å². The Morgan fingerprint density at radius 2 is 2.25 bits per heavy atom. The Morgan fingerprint density at radius 1 is 1.38 bits per heavy atom. The van der Waals surface area contributed by atoms with Gasteiger partial charge in [-0.1, -0.05) is 0 Å². The normalized spacial score (nSPS) is 18.2. The Balaban J connectivity index is 1.77. The van der Waals surface area contributed by atoms with Crippen LogP contribution in [0.1, 0.15) is 47.2 Å². The van der Waals surface area contributed by atoms with Crippen molar-refractivity contribution in [2.24, 2.45) is 7.05 Å². The van der Waals surface area contributed by atoms with Gasteiger partial charge in [-0.05, 0) is 32.3 Å². The first-order valence-corrected chi connectivity index (χ1v) is 8.10. The minimum atomic E-state index is -0.0612. The number of aryl methyl sites for hydroxylation is 2. The van der Waals surface area contributed by atoms with Crippen molar-refractivity contribution < 1.29 is 4.79 Å². The van der Waals surface area contributed by atoms with Crippen LogP contribution in [0, 0.1) is 6.92 Å². The second kappa shape index (κ2) is 5.70. The van der Waals surface area contributed by atoms with E-state index in [4.69, 9.17) is 0 Å². The van der Waals surface area contributed by atoms with Crippen molar-refractivity contribution in [3.05, 3.63) is 35.7 Å². The monoisotopic (exact) mass is 325 g/mol. The summed E-state index contributed by atoms with van der Waals surface area (Å²) in [7, 11) is 1.83. The van der Waals surface area contributed by atoms with E-state index in [0.717, 1.165) is 41.8 Å². The molecular formula is C16H19N7O. The number of likely N-dealkylation sites (tertiary alicyclic amines) is 1. The number of aromatic nitrogens is 6. The highest BCUT2D eigenvalue weighted by Gasteiger charge is 2.31. The van der Waals surface area contributed by atoms with Crippen LogP contribution in [0.4, 0.5) is 0 Å². The van der Waals surface area contributed by atoms with Gasteiger partial charge in [-0.3, -0.25) is 14.6 Å². The van der Waals surface area contributed by atoms with E-state index >= 15 is 0 Å². The zero-order valence-electron chi connectivity index (χ0n) is 13.7. The van der Waals surface area contributed by atoms with Crippen molar-refractivity contribution in [2.45, 2.75) is 32.2 Å². The lowest BCUT2D eigenvalue weighted by atomic mass is 9.99. The number of piperidine rings is 1. The highest BCUT2D eigenvalue weighted by Crippen LogP contribution is 2.31. The molecule has 1 atom stereocenters. The molecule has 0 aromatic carbocycles. The van der Waals surface area contributed by atoms with Crippen LogP contribution in [0.3, 0.4) is 0 Å². The number of nitrogens with one attached hydrogen (secondary N) is 1. The van der Waals surface area contributed by atoms with Crippen LogP contribution in [0.15, 0.2) is 18.6 Å². The van der Waals surface area contributed by atoms with Crippen molar-refractivity contribution in [3.63, 3.8) is 0 Å². The highest BCUT2D eigenvalue weighted by molar-refractivity contribution is 6.05. The molecule has 0 bridgehead atoms. The molecule has 0 radical (unpaired) electrons. The van der Waals surface area contributed by atoms with Crippen molar-refractivity contribution >= 4 is 16.9 Å². The van der Waals surface area contributed by atoms with Gasteiger partial charge in [0, 0.05) is 19.3 Å². The standard InChI is InChI=1S/C16H19N7O/c1-10-7-11(12-8-19-22(2)15(12)20-10)16(24)23-6-4-3-5-13(23)14-17-9-18-21-14/h7-9,13H,3-6H2,1-2H3,(H,17,18,21)/t13-/m0/s1. The van der Waals surface area contributed by atoms with Crippen molar-refractivity contribution in [1.29, 1.82) is 0 Å². The molecule has 4 rings (SSSR count). The van der Waals surface area contributed by atoms with Crippen molar-refractivity contribution in [2.75, 3.05) is 6.54 Å². The van der Waals surface area contributed by atoms with Gasteiger partial charge in [0.05, 0.1) is 23.2 Å². The van der Waals surface area contributed by atoms with Crippen LogP contribution in [0.25, 0.3) is 11.0 Å². The molecule has 3 aromatic rings. The number of hydrogen-bond donors (Lipinski definition) is 1. The first-order valence-electron chi connectivity index (χ1n) is 8.10. The van der Waals surface area contributed by atoms with Gasteiger partial charge in [-0.15, -0.1) is 0 Å². The van der Waals surface area contributed by atoms with Crippen molar-refractivity contribution in [1.82, 2.24) is 34.8 Å². The van der Waals surface area contributed by atoms with Gasteiger partial charge >= 0.3 is 0 Å². The summed E-state index contributed by atoms with van der Waals surface area (Å²) >= 11 is 0. The fourth-order valence-corrected chi connectivity index (χ4v) is 3.41. The number of nitrogens with zero attached hydrogens (tertiary/aromatic N) is 6. The van der Waals surface area contributed by atoms with Crippen LogP contribution in [-0.2, 0) is 7.05 Å². The fourth-order valence-electron chi connectivity index (χ4n) is 3.41. The maximum Gasteiger partial charge on any atom is 0.255 e. The van der Waals surface area contributed by atoms with E-state index in [1.54, 1.807) is 10.9 Å². The van der Waals surface area contributed by atoms with Gasteiger partial charge in [-0.2, -0.15) is 10.2 Å². The minimum absolute atomic E-state index is 0.000370. The number of carbonyl (C=O) groups is 1. The second-order valence-corrected chi connectivity index (χ2v) is 6.20. The SMILES string of the molecule is Cc1cc(C(=O)N2CCCC[C@H]2c2ncn[nH]2)c2cnn(C)c2n1. The first kappa shape index (κ1) is 14.8. The lowest BCUT2D eigenvalue weighted by Crippen LogP contribution is -2.39. The van der Waals surface area contributed by atoms with Crippen LogP contribution in [-0.4, -0.2) is 47.3 Å². The molecule has 1 N–H and O–H groups in total. The van der Waals surface area contributed by atoms with Crippen molar-refractivity contribution in [3.8, 4) is 0 Å². The lowest BCUT2D eigenvalue weighted by Gasteiger charge is -2.34. The maximum absolute atomic E-state index is 13.3. The number of hydrogen-bond acceptors (Lipinski definition) is 5. The molecule has 8 nitrogen and oxygen atoms in total. The van der Waals surface area contributed by atoms with Crippen LogP contribution in [0.2, 0.25) is 0 Å². The first-order chi connectivity index (χ1) is 11.6. The summed E-state index contributed by atoms with van der Waals surface area (Å²) in [5, 5.41) is 11.9. The lowest BCUT2D eigenvalue weighted by molar-refractivity contribution is 0.0602. The molecule has 0 aliphatic carbocycles. The van der Waals surface area contributed by atoms with Crippen LogP contribution >= 0.6 is 0 Å². The molecule has 124 valence electrons. The Kier molecular flexibility index (Phi) is 3.51. The van der Waals surface area contributed by atoms with E-state index in [9.17, 15) is 4.79 Å². The molecule has 24 heavy (non-hydrogen) atoms. The number of carbonyl (C=O) groups excluding carboxylic acids is 1. The van der Waals surface area contributed by atoms with Gasteiger partial charge in [0.2, 0.25) is 0 Å². The molecule has 1 amide bonds. The number of amides is 1. The third-order valence-electron chi connectivity index (χ3n) is 4.58. The Hall–Kier alpha value is -2.77.